The summed E-state index contributed by atoms with van der Waals surface area (Å²) < 4.78 is 9.52. The fraction of sp³-hybridized carbons (Fsp3) is 0.286. The molecule has 4 aromatic rings. The van der Waals surface area contributed by atoms with E-state index in [9.17, 15) is 5.11 Å². The Hall–Kier alpha value is -3.30. The van der Waals surface area contributed by atoms with E-state index in [2.05, 4.69) is 32.2 Å². The Labute approximate surface area is 173 Å². The zero-order chi connectivity index (χ0) is 20.5. The number of anilines is 1. The third-order valence-electron chi connectivity index (χ3n) is 5.22. The Kier molecular flexibility index (Phi) is 4.89. The van der Waals surface area contributed by atoms with Crippen molar-refractivity contribution in [2.75, 3.05) is 12.3 Å². The van der Waals surface area contributed by atoms with Gasteiger partial charge < -0.3 is 15.6 Å². The number of aliphatic hydroxyl groups excluding tert-OH is 1. The monoisotopic (exact) mass is 404 g/mol. The zero-order valence-electron chi connectivity index (χ0n) is 16.3. The van der Waals surface area contributed by atoms with Crippen LogP contribution in [0.15, 0.2) is 49.1 Å². The molecule has 0 amide bonds. The summed E-state index contributed by atoms with van der Waals surface area (Å²) in [5, 5.41) is 13.8. The molecule has 4 heterocycles. The third kappa shape index (κ3) is 3.53. The Bertz CT molecular complexity index is 1150. The average Bonchev–Trinajstić information content (AvgIpc) is 3.51. The molecule has 1 aliphatic heterocycles. The number of rotatable bonds is 6. The van der Waals surface area contributed by atoms with Crippen molar-refractivity contribution in [1.29, 1.82) is 0 Å². The Morgan fingerprint density at radius 2 is 2.07 bits per heavy atom. The van der Waals surface area contributed by atoms with E-state index >= 15 is 0 Å². The molecular weight excluding hydrogens is 382 g/mol. The quantitative estimate of drug-likeness (QED) is 0.505. The molecule has 153 valence electrons. The number of hydrogen-bond acceptors (Lipinski definition) is 7. The summed E-state index contributed by atoms with van der Waals surface area (Å²) in [6, 6.07) is 10.3. The van der Waals surface area contributed by atoms with E-state index in [1.54, 1.807) is 12.5 Å². The van der Waals surface area contributed by atoms with Gasteiger partial charge in [-0.3, -0.25) is 9.25 Å². The number of nitrogen functional groups attached to an aromatic ring is 1. The van der Waals surface area contributed by atoms with Crippen LogP contribution in [0.25, 0.3) is 22.6 Å². The lowest BCUT2D eigenvalue weighted by molar-refractivity contribution is -0.0140. The van der Waals surface area contributed by atoms with Crippen LogP contribution in [-0.4, -0.2) is 47.1 Å². The fourth-order valence-electron chi connectivity index (χ4n) is 3.62. The molecule has 1 aromatic carbocycles. The maximum absolute atomic E-state index is 9.33. The first-order valence-corrected chi connectivity index (χ1v) is 9.87. The number of fused-ring (bicyclic) bond motifs is 1. The first-order chi connectivity index (χ1) is 14.7. The van der Waals surface area contributed by atoms with Gasteiger partial charge in [-0.25, -0.2) is 15.0 Å². The summed E-state index contributed by atoms with van der Waals surface area (Å²) in [5.74, 6) is 0.798. The highest BCUT2D eigenvalue weighted by atomic mass is 16.5. The van der Waals surface area contributed by atoms with Crippen LogP contribution in [0.1, 0.15) is 18.2 Å². The second-order valence-electron chi connectivity index (χ2n) is 7.29. The Morgan fingerprint density at radius 1 is 1.20 bits per heavy atom. The molecule has 9 nitrogen and oxygen atoms in total. The van der Waals surface area contributed by atoms with Crippen molar-refractivity contribution in [2.24, 2.45) is 0 Å². The van der Waals surface area contributed by atoms with E-state index in [-0.39, 0.29) is 18.9 Å². The minimum Gasteiger partial charge on any atom is -0.394 e. The minimum absolute atomic E-state index is 0.0236. The Balaban J connectivity index is 1.41. The standard InChI is InChI=1S/C21H22N7O2/c22-19-18-21(28(13-23-18)17-7-6-16(12-29)30-17)26-20(25-19)15-10-24-27(11-15)9-8-14-4-2-1-3-5-14/h1-5,7,10-11,13,16-17,29H,6,8-9,12H2,(H2,22,25,26). The lowest BCUT2D eigenvalue weighted by Gasteiger charge is -2.14. The van der Waals surface area contributed by atoms with Crippen molar-refractivity contribution in [1.82, 2.24) is 29.3 Å². The normalized spacial score (nSPS) is 19.0. The van der Waals surface area contributed by atoms with E-state index in [1.807, 2.05) is 40.1 Å². The predicted molar refractivity (Wildman–Crippen MR) is 111 cm³/mol. The topological polar surface area (TPSA) is 117 Å². The highest BCUT2D eigenvalue weighted by Crippen LogP contribution is 2.31. The molecule has 1 fully saturated rings. The van der Waals surface area contributed by atoms with Gasteiger partial charge in [0.2, 0.25) is 0 Å². The van der Waals surface area contributed by atoms with E-state index in [0.29, 0.717) is 29.2 Å². The summed E-state index contributed by atoms with van der Waals surface area (Å²) in [7, 11) is 0. The number of aromatic nitrogens is 6. The molecule has 0 spiro atoms. The highest BCUT2D eigenvalue weighted by molar-refractivity contribution is 5.83. The zero-order valence-corrected chi connectivity index (χ0v) is 16.3. The van der Waals surface area contributed by atoms with Crippen LogP contribution in [-0.2, 0) is 17.7 Å². The van der Waals surface area contributed by atoms with E-state index in [0.717, 1.165) is 18.5 Å². The van der Waals surface area contributed by atoms with Gasteiger partial charge in [0.15, 0.2) is 17.3 Å². The maximum Gasteiger partial charge on any atom is 0.168 e. The number of benzene rings is 1. The van der Waals surface area contributed by atoms with E-state index < -0.39 is 0 Å². The largest absolute Gasteiger partial charge is 0.394 e. The fourth-order valence-corrected chi connectivity index (χ4v) is 3.62. The molecule has 30 heavy (non-hydrogen) atoms. The predicted octanol–water partition coefficient (Wildman–Crippen LogP) is 2.00. The SMILES string of the molecule is Nc1nc(-c2cnn(CCc3ccccc3)c2)nc2c1ncn2C1[CH]CC(CO)O1. The van der Waals surface area contributed by atoms with Gasteiger partial charge in [-0.2, -0.15) is 5.10 Å². The number of imidazole rings is 1. The second-order valence-corrected chi connectivity index (χ2v) is 7.29. The van der Waals surface area contributed by atoms with Crippen molar-refractivity contribution in [3.05, 3.63) is 61.0 Å². The lowest BCUT2D eigenvalue weighted by Crippen LogP contribution is -2.14. The average molecular weight is 404 g/mol. The molecular formula is C21H22N7O2. The minimum atomic E-state index is -0.345. The second kappa shape index (κ2) is 7.85. The Morgan fingerprint density at radius 3 is 2.87 bits per heavy atom. The molecule has 3 N–H and O–H groups in total. The molecule has 1 radical (unpaired) electrons. The number of aliphatic hydroxyl groups is 1. The smallest absolute Gasteiger partial charge is 0.168 e. The van der Waals surface area contributed by atoms with Crippen LogP contribution in [0, 0.1) is 6.42 Å². The molecule has 0 bridgehead atoms. The van der Waals surface area contributed by atoms with Crippen LogP contribution >= 0.6 is 0 Å². The van der Waals surface area contributed by atoms with Gasteiger partial charge in [0.05, 0.1) is 30.8 Å². The first-order valence-electron chi connectivity index (χ1n) is 9.87. The van der Waals surface area contributed by atoms with Crippen LogP contribution in [0.2, 0.25) is 0 Å². The van der Waals surface area contributed by atoms with Crippen LogP contribution in [0.5, 0.6) is 0 Å². The van der Waals surface area contributed by atoms with Crippen LogP contribution in [0.4, 0.5) is 5.82 Å². The summed E-state index contributed by atoms with van der Waals surface area (Å²) in [5.41, 5.74) is 9.32. The van der Waals surface area contributed by atoms with Gasteiger partial charge in [0.1, 0.15) is 11.7 Å². The summed E-state index contributed by atoms with van der Waals surface area (Å²) in [6.07, 6.45) is 8.29. The van der Waals surface area contributed by atoms with Crippen LogP contribution in [0.3, 0.4) is 0 Å². The number of hydrogen-bond donors (Lipinski definition) is 2. The third-order valence-corrected chi connectivity index (χ3v) is 5.22. The van der Waals surface area contributed by atoms with Crippen molar-refractivity contribution in [2.45, 2.75) is 31.7 Å². The van der Waals surface area contributed by atoms with Crippen LogP contribution < -0.4 is 5.73 Å². The number of ether oxygens (including phenoxy) is 1. The first kappa shape index (κ1) is 18.7. The maximum atomic E-state index is 9.33. The van der Waals surface area contributed by atoms with Gasteiger partial charge >= 0.3 is 0 Å². The lowest BCUT2D eigenvalue weighted by atomic mass is 10.1. The number of nitrogens with two attached hydrogens (primary N) is 1. The molecule has 9 heteroatoms. The summed E-state index contributed by atoms with van der Waals surface area (Å²) >= 11 is 0. The van der Waals surface area contributed by atoms with Crippen molar-refractivity contribution in [3.8, 4) is 11.4 Å². The van der Waals surface area contributed by atoms with Crippen molar-refractivity contribution >= 4 is 17.0 Å². The molecule has 1 aliphatic rings. The van der Waals surface area contributed by atoms with E-state index in [1.165, 1.54) is 5.56 Å². The number of aryl methyl sites for hydroxylation is 2. The molecule has 0 aliphatic carbocycles. The van der Waals surface area contributed by atoms with Gasteiger partial charge in [-0.1, -0.05) is 30.3 Å². The summed E-state index contributed by atoms with van der Waals surface area (Å²) in [6.45, 7) is 0.733. The van der Waals surface area contributed by atoms with Crippen molar-refractivity contribution in [3.63, 3.8) is 0 Å². The summed E-state index contributed by atoms with van der Waals surface area (Å²) in [4.78, 5) is 13.5. The molecule has 1 saturated heterocycles. The van der Waals surface area contributed by atoms with Gasteiger partial charge in [-0.15, -0.1) is 0 Å². The van der Waals surface area contributed by atoms with E-state index in [4.69, 9.17) is 10.5 Å². The van der Waals surface area contributed by atoms with Crippen molar-refractivity contribution < 1.29 is 9.84 Å². The molecule has 0 saturated carbocycles. The van der Waals surface area contributed by atoms with Gasteiger partial charge in [-0.05, 0) is 18.4 Å². The van der Waals surface area contributed by atoms with Gasteiger partial charge in [0, 0.05) is 19.2 Å². The molecule has 5 rings (SSSR count). The molecule has 3 aromatic heterocycles. The number of nitrogens with zero attached hydrogens (tertiary/aromatic N) is 6. The highest BCUT2D eigenvalue weighted by Gasteiger charge is 2.28. The molecule has 2 unspecified atom stereocenters. The molecule has 2 atom stereocenters. The van der Waals surface area contributed by atoms with Gasteiger partial charge in [0.25, 0.3) is 0 Å².